The van der Waals surface area contributed by atoms with Gasteiger partial charge in [0, 0.05) is 31.1 Å². The number of rotatable bonds is 5. The number of carbonyl (C=O) groups is 1. The summed E-state index contributed by atoms with van der Waals surface area (Å²) in [5, 5.41) is 4.96. The Morgan fingerprint density at radius 2 is 2.30 bits per heavy atom. The quantitative estimate of drug-likeness (QED) is 0.855. The number of amides is 2. The van der Waals surface area contributed by atoms with E-state index in [0.717, 1.165) is 13.0 Å². The molecule has 6 nitrogen and oxygen atoms in total. The molecule has 1 aliphatic rings. The Labute approximate surface area is 139 Å². The number of nitrogens with one attached hydrogen (secondary N) is 1. The van der Waals surface area contributed by atoms with E-state index in [0.29, 0.717) is 31.3 Å². The smallest absolute Gasteiger partial charge is 0.322 e. The number of pyridine rings is 1. The third-order valence-electron chi connectivity index (χ3n) is 3.62. The number of methoxy groups -OCH3 is 1. The van der Waals surface area contributed by atoms with Crippen molar-refractivity contribution in [3.05, 3.63) is 40.2 Å². The first-order chi connectivity index (χ1) is 11.3. The summed E-state index contributed by atoms with van der Waals surface area (Å²) < 4.78 is 10.3. The molecule has 3 heterocycles. The lowest BCUT2D eigenvalue weighted by atomic mass is 10.1. The van der Waals surface area contributed by atoms with Gasteiger partial charge in [0.05, 0.1) is 18.5 Å². The largest absolute Gasteiger partial charge is 0.475 e. The van der Waals surface area contributed by atoms with E-state index in [1.807, 2.05) is 4.90 Å². The second-order valence-electron chi connectivity index (χ2n) is 5.20. The van der Waals surface area contributed by atoms with Crippen LogP contribution in [0.5, 0.6) is 5.88 Å². The Morgan fingerprint density at radius 3 is 3.09 bits per heavy atom. The van der Waals surface area contributed by atoms with E-state index < -0.39 is 0 Å². The molecule has 0 saturated heterocycles. The molecule has 3 rings (SSSR count). The van der Waals surface area contributed by atoms with Crippen LogP contribution >= 0.6 is 11.3 Å². The normalized spacial score (nSPS) is 13.5. The highest BCUT2D eigenvalue weighted by atomic mass is 32.1. The van der Waals surface area contributed by atoms with Crippen LogP contribution in [-0.2, 0) is 17.7 Å². The Balaban J connectivity index is 1.54. The standard InChI is InChI=1S/C16H19N3O3S/c1-21-7-8-22-15-3-2-13(10-17-15)18-16(20)19-6-4-14-12(11-19)5-9-23-14/h2-3,5,9-10H,4,6-8,11H2,1H3,(H,18,20). The van der Waals surface area contributed by atoms with Gasteiger partial charge in [-0.05, 0) is 29.5 Å². The van der Waals surface area contributed by atoms with Crippen molar-refractivity contribution in [1.82, 2.24) is 9.88 Å². The van der Waals surface area contributed by atoms with E-state index in [1.165, 1.54) is 10.4 Å². The molecule has 2 aromatic heterocycles. The van der Waals surface area contributed by atoms with Crippen LogP contribution in [0.4, 0.5) is 10.5 Å². The molecule has 7 heteroatoms. The molecule has 0 unspecified atom stereocenters. The fourth-order valence-corrected chi connectivity index (χ4v) is 3.28. The first-order valence-electron chi connectivity index (χ1n) is 7.45. The minimum atomic E-state index is -0.100. The van der Waals surface area contributed by atoms with Gasteiger partial charge in [-0.25, -0.2) is 9.78 Å². The number of hydrogen-bond acceptors (Lipinski definition) is 5. The second kappa shape index (κ2) is 7.43. The molecule has 2 amide bonds. The molecule has 122 valence electrons. The summed E-state index contributed by atoms with van der Waals surface area (Å²) in [6, 6.07) is 5.51. The van der Waals surface area contributed by atoms with Crippen LogP contribution in [-0.4, -0.2) is 42.8 Å². The van der Waals surface area contributed by atoms with E-state index in [2.05, 4.69) is 21.7 Å². The van der Waals surface area contributed by atoms with Gasteiger partial charge < -0.3 is 19.7 Å². The first-order valence-corrected chi connectivity index (χ1v) is 8.33. The van der Waals surface area contributed by atoms with Crippen molar-refractivity contribution >= 4 is 23.1 Å². The highest BCUT2D eigenvalue weighted by Crippen LogP contribution is 2.24. The van der Waals surface area contributed by atoms with Gasteiger partial charge in [0.15, 0.2) is 0 Å². The Morgan fingerprint density at radius 1 is 1.39 bits per heavy atom. The molecule has 0 fully saturated rings. The maximum atomic E-state index is 12.3. The van der Waals surface area contributed by atoms with Crippen molar-refractivity contribution in [2.75, 3.05) is 32.2 Å². The van der Waals surface area contributed by atoms with Gasteiger partial charge in [0.1, 0.15) is 6.61 Å². The number of fused-ring (bicyclic) bond motifs is 1. The van der Waals surface area contributed by atoms with E-state index in [9.17, 15) is 4.79 Å². The van der Waals surface area contributed by atoms with E-state index >= 15 is 0 Å². The number of ether oxygens (including phenoxy) is 2. The molecule has 0 bridgehead atoms. The van der Waals surface area contributed by atoms with Crippen LogP contribution in [0, 0.1) is 0 Å². The fraction of sp³-hybridized carbons (Fsp3) is 0.375. The monoisotopic (exact) mass is 333 g/mol. The van der Waals surface area contributed by atoms with E-state index in [-0.39, 0.29) is 6.03 Å². The topological polar surface area (TPSA) is 63.7 Å². The van der Waals surface area contributed by atoms with Gasteiger partial charge in [-0.2, -0.15) is 0 Å². The van der Waals surface area contributed by atoms with E-state index in [4.69, 9.17) is 9.47 Å². The molecular weight excluding hydrogens is 314 g/mol. The van der Waals surface area contributed by atoms with Crippen LogP contribution < -0.4 is 10.1 Å². The lowest BCUT2D eigenvalue weighted by Crippen LogP contribution is -2.38. The Kier molecular flexibility index (Phi) is 5.09. The van der Waals surface area contributed by atoms with Gasteiger partial charge in [-0.3, -0.25) is 0 Å². The summed E-state index contributed by atoms with van der Waals surface area (Å²) in [6.07, 6.45) is 2.52. The SMILES string of the molecule is COCCOc1ccc(NC(=O)N2CCc3sccc3C2)cn1. The molecule has 1 N–H and O–H groups in total. The van der Waals surface area contributed by atoms with Gasteiger partial charge in [0.25, 0.3) is 0 Å². The van der Waals surface area contributed by atoms with Crippen LogP contribution in [0.2, 0.25) is 0 Å². The zero-order valence-corrected chi connectivity index (χ0v) is 13.8. The summed E-state index contributed by atoms with van der Waals surface area (Å²) in [6.45, 7) is 2.37. The number of aromatic nitrogens is 1. The molecule has 2 aromatic rings. The van der Waals surface area contributed by atoms with Gasteiger partial charge in [-0.15, -0.1) is 11.3 Å². The van der Waals surface area contributed by atoms with Crippen molar-refractivity contribution in [1.29, 1.82) is 0 Å². The summed E-state index contributed by atoms with van der Waals surface area (Å²) in [7, 11) is 1.62. The van der Waals surface area contributed by atoms with Crippen molar-refractivity contribution in [3.63, 3.8) is 0 Å². The van der Waals surface area contributed by atoms with Crippen LogP contribution in [0.1, 0.15) is 10.4 Å². The van der Waals surface area contributed by atoms with E-state index in [1.54, 1.807) is 36.8 Å². The highest BCUT2D eigenvalue weighted by Gasteiger charge is 2.21. The van der Waals surface area contributed by atoms with Crippen molar-refractivity contribution in [3.8, 4) is 5.88 Å². The van der Waals surface area contributed by atoms with Crippen molar-refractivity contribution < 1.29 is 14.3 Å². The number of anilines is 1. The molecule has 23 heavy (non-hydrogen) atoms. The number of urea groups is 1. The number of carbonyl (C=O) groups excluding carboxylic acids is 1. The summed E-state index contributed by atoms with van der Waals surface area (Å²) in [5.74, 6) is 0.515. The maximum Gasteiger partial charge on any atom is 0.322 e. The molecule has 0 saturated carbocycles. The molecule has 0 spiro atoms. The van der Waals surface area contributed by atoms with Crippen molar-refractivity contribution in [2.45, 2.75) is 13.0 Å². The Hall–Kier alpha value is -2.12. The van der Waals surface area contributed by atoms with Crippen LogP contribution in [0.3, 0.4) is 0 Å². The van der Waals surface area contributed by atoms with Crippen LogP contribution in [0.25, 0.3) is 0 Å². The molecular formula is C16H19N3O3S. The predicted molar refractivity (Wildman–Crippen MR) is 89.1 cm³/mol. The third kappa shape index (κ3) is 4.00. The summed E-state index contributed by atoms with van der Waals surface area (Å²) >= 11 is 1.76. The average Bonchev–Trinajstić information content (AvgIpc) is 3.04. The lowest BCUT2D eigenvalue weighted by molar-refractivity contribution is 0.144. The second-order valence-corrected chi connectivity index (χ2v) is 6.20. The summed E-state index contributed by atoms with van der Waals surface area (Å²) in [5.41, 5.74) is 1.90. The molecule has 0 aliphatic carbocycles. The lowest BCUT2D eigenvalue weighted by Gasteiger charge is -2.27. The fourth-order valence-electron chi connectivity index (χ4n) is 2.39. The zero-order chi connectivity index (χ0) is 16.1. The number of nitrogens with zero attached hydrogens (tertiary/aromatic N) is 2. The minimum absolute atomic E-state index is 0.100. The van der Waals surface area contributed by atoms with Crippen LogP contribution in [0.15, 0.2) is 29.8 Å². The highest BCUT2D eigenvalue weighted by molar-refractivity contribution is 7.10. The zero-order valence-electron chi connectivity index (χ0n) is 12.9. The third-order valence-corrected chi connectivity index (χ3v) is 4.64. The first kappa shape index (κ1) is 15.8. The molecule has 1 aliphatic heterocycles. The minimum Gasteiger partial charge on any atom is -0.475 e. The van der Waals surface area contributed by atoms with Gasteiger partial charge in [-0.1, -0.05) is 0 Å². The van der Waals surface area contributed by atoms with Gasteiger partial charge >= 0.3 is 6.03 Å². The average molecular weight is 333 g/mol. The number of hydrogen-bond donors (Lipinski definition) is 1. The number of thiophene rings is 1. The molecule has 0 atom stereocenters. The summed E-state index contributed by atoms with van der Waals surface area (Å²) in [4.78, 5) is 19.7. The molecule has 0 radical (unpaired) electrons. The predicted octanol–water partition coefficient (Wildman–Crippen LogP) is 2.76. The van der Waals surface area contributed by atoms with Gasteiger partial charge in [0.2, 0.25) is 5.88 Å². The maximum absolute atomic E-state index is 12.3. The van der Waals surface area contributed by atoms with Crippen molar-refractivity contribution in [2.24, 2.45) is 0 Å². The Bertz CT molecular complexity index is 657. The molecule has 0 aromatic carbocycles.